The van der Waals surface area contributed by atoms with Crippen molar-refractivity contribution < 1.29 is 23.4 Å². The normalized spacial score (nSPS) is 44.8. The summed E-state index contributed by atoms with van der Waals surface area (Å²) in [5, 5.41) is 19.3. The molecule has 0 bridgehead atoms. The van der Waals surface area contributed by atoms with Crippen LogP contribution < -0.4 is 0 Å². The van der Waals surface area contributed by atoms with Crippen LogP contribution in [0.15, 0.2) is 0 Å². The van der Waals surface area contributed by atoms with E-state index in [4.69, 9.17) is 0 Å². The van der Waals surface area contributed by atoms with Gasteiger partial charge in [0.1, 0.15) is 0 Å². The molecule has 2 N–H and O–H groups in total. The van der Waals surface area contributed by atoms with Crippen molar-refractivity contribution in [3.63, 3.8) is 0 Å². The molecule has 8 unspecified atom stereocenters. The highest BCUT2D eigenvalue weighted by molar-refractivity contribution is 5.08. The molecule has 164 valence electrons. The first kappa shape index (κ1) is 22.4. The van der Waals surface area contributed by atoms with Crippen LogP contribution in [-0.4, -0.2) is 29.1 Å². The van der Waals surface area contributed by atoms with Gasteiger partial charge in [-0.2, -0.15) is 13.2 Å². The van der Waals surface area contributed by atoms with Crippen LogP contribution in [-0.2, 0) is 0 Å². The largest absolute Gasteiger partial charge is 0.394 e. The van der Waals surface area contributed by atoms with Crippen molar-refractivity contribution in [2.75, 3.05) is 6.61 Å². The summed E-state index contributed by atoms with van der Waals surface area (Å²) < 4.78 is 39.9. The molecule has 0 aromatic heterocycles. The van der Waals surface area contributed by atoms with E-state index in [1.165, 1.54) is 0 Å². The monoisotopic (exact) mass is 404 g/mol. The first-order valence-electron chi connectivity index (χ1n) is 11.4. The second-order valence-corrected chi connectivity index (χ2v) is 10.6. The van der Waals surface area contributed by atoms with Crippen molar-refractivity contribution in [1.82, 2.24) is 0 Å². The van der Waals surface area contributed by atoms with Crippen LogP contribution in [0.5, 0.6) is 0 Å². The van der Waals surface area contributed by atoms with Crippen LogP contribution in [0, 0.1) is 40.4 Å². The number of fused-ring (bicyclic) bond motifs is 3. The third kappa shape index (κ3) is 3.99. The predicted octanol–water partition coefficient (Wildman–Crippen LogP) is 5.96. The number of aliphatic hydroxyl groups excluding tert-OH is 2. The summed E-state index contributed by atoms with van der Waals surface area (Å²) in [5.74, 6) is 1.66. The van der Waals surface area contributed by atoms with Gasteiger partial charge in [-0.3, -0.25) is 0 Å². The van der Waals surface area contributed by atoms with Crippen molar-refractivity contribution in [1.29, 1.82) is 0 Å². The summed E-state index contributed by atoms with van der Waals surface area (Å²) in [4.78, 5) is 0. The molecule has 0 amide bonds. The lowest BCUT2D eigenvalue weighted by molar-refractivity contribution is -0.177. The van der Waals surface area contributed by atoms with Crippen LogP contribution in [0.25, 0.3) is 0 Å². The van der Waals surface area contributed by atoms with E-state index in [1.54, 1.807) is 0 Å². The lowest BCUT2D eigenvalue weighted by Crippen LogP contribution is -2.52. The number of hydrogen-bond donors (Lipinski definition) is 2. The van der Waals surface area contributed by atoms with Gasteiger partial charge >= 0.3 is 6.18 Å². The first-order chi connectivity index (χ1) is 13.0. The Hall–Kier alpha value is -0.290. The SMILES string of the molecule is CCCC1(C)C(CC(F)(F)F)CCC2C3CCC(CC(O)CO)C3(C)CCC21. The first-order valence-corrected chi connectivity index (χ1v) is 11.4. The minimum absolute atomic E-state index is 0.168. The van der Waals surface area contributed by atoms with E-state index in [0.29, 0.717) is 36.5 Å². The smallest absolute Gasteiger partial charge is 0.389 e. The second kappa shape index (κ2) is 8.09. The Morgan fingerprint density at radius 1 is 1.00 bits per heavy atom. The third-order valence-corrected chi connectivity index (χ3v) is 9.30. The zero-order valence-electron chi connectivity index (χ0n) is 17.8. The standard InChI is InChI=1S/C23H39F3O2/c1-4-10-21(2)16(13-23(24,25)26)5-7-18-19-8-6-15(12-17(28)14-27)22(19,3)11-9-20(18)21/h15-20,27-28H,4-14H2,1-3H3. The average molecular weight is 405 g/mol. The van der Waals surface area contributed by atoms with E-state index < -0.39 is 18.7 Å². The lowest BCUT2D eigenvalue weighted by atomic mass is 9.46. The summed E-state index contributed by atoms with van der Waals surface area (Å²) >= 11 is 0. The van der Waals surface area contributed by atoms with Gasteiger partial charge in [-0.05, 0) is 91.8 Å². The molecule has 0 aliphatic heterocycles. The molecule has 8 atom stereocenters. The maximum Gasteiger partial charge on any atom is 0.389 e. The van der Waals surface area contributed by atoms with Gasteiger partial charge in [0.2, 0.25) is 0 Å². The van der Waals surface area contributed by atoms with Crippen LogP contribution in [0.1, 0.15) is 85.0 Å². The summed E-state index contributed by atoms with van der Waals surface area (Å²) in [7, 11) is 0. The van der Waals surface area contributed by atoms with Gasteiger partial charge in [0.15, 0.2) is 0 Å². The molecular formula is C23H39F3O2. The molecule has 0 saturated heterocycles. The molecule has 0 aromatic rings. The van der Waals surface area contributed by atoms with Crippen molar-refractivity contribution in [2.45, 2.75) is 97.3 Å². The Morgan fingerprint density at radius 2 is 1.68 bits per heavy atom. The molecule has 3 aliphatic rings. The van der Waals surface area contributed by atoms with E-state index in [9.17, 15) is 23.4 Å². The highest BCUT2D eigenvalue weighted by Crippen LogP contribution is 2.67. The zero-order chi connectivity index (χ0) is 20.7. The van der Waals surface area contributed by atoms with Gasteiger partial charge in [0.25, 0.3) is 0 Å². The molecule has 28 heavy (non-hydrogen) atoms. The molecule has 0 radical (unpaired) electrons. The zero-order valence-corrected chi connectivity index (χ0v) is 17.8. The van der Waals surface area contributed by atoms with Gasteiger partial charge in [0.05, 0.1) is 12.7 Å². The van der Waals surface area contributed by atoms with Gasteiger partial charge < -0.3 is 10.2 Å². The van der Waals surface area contributed by atoms with Crippen molar-refractivity contribution in [3.8, 4) is 0 Å². The number of alkyl halides is 3. The van der Waals surface area contributed by atoms with Crippen LogP contribution in [0.2, 0.25) is 0 Å². The predicted molar refractivity (Wildman–Crippen MR) is 105 cm³/mol. The van der Waals surface area contributed by atoms with E-state index in [0.717, 1.165) is 44.9 Å². The number of rotatable bonds is 6. The summed E-state index contributed by atoms with van der Waals surface area (Å²) in [6.45, 7) is 6.44. The lowest BCUT2D eigenvalue weighted by Gasteiger charge is -2.59. The molecule has 2 nitrogen and oxygen atoms in total. The van der Waals surface area contributed by atoms with Gasteiger partial charge in [-0.25, -0.2) is 0 Å². The highest BCUT2D eigenvalue weighted by Gasteiger charge is 2.60. The minimum Gasteiger partial charge on any atom is -0.394 e. The second-order valence-electron chi connectivity index (χ2n) is 10.6. The van der Waals surface area contributed by atoms with Gasteiger partial charge in [-0.1, -0.05) is 27.2 Å². The fourth-order valence-corrected chi connectivity index (χ4v) is 7.98. The molecule has 3 aliphatic carbocycles. The van der Waals surface area contributed by atoms with E-state index in [-0.39, 0.29) is 23.4 Å². The number of halogens is 3. The summed E-state index contributed by atoms with van der Waals surface area (Å²) in [5.41, 5.74) is -0.0431. The van der Waals surface area contributed by atoms with Gasteiger partial charge in [0, 0.05) is 6.42 Å². The summed E-state index contributed by atoms with van der Waals surface area (Å²) in [6.07, 6.45) is 3.07. The molecule has 0 heterocycles. The van der Waals surface area contributed by atoms with Crippen LogP contribution >= 0.6 is 0 Å². The molecule has 5 heteroatoms. The molecular weight excluding hydrogens is 365 g/mol. The Bertz CT molecular complexity index is 536. The van der Waals surface area contributed by atoms with Crippen molar-refractivity contribution >= 4 is 0 Å². The Labute approximate surface area is 168 Å². The van der Waals surface area contributed by atoms with E-state index in [1.807, 2.05) is 0 Å². The Kier molecular flexibility index (Phi) is 6.47. The maximum atomic E-state index is 13.3. The third-order valence-electron chi connectivity index (χ3n) is 9.30. The molecule has 3 fully saturated rings. The van der Waals surface area contributed by atoms with Crippen LogP contribution in [0.4, 0.5) is 13.2 Å². The Balaban J connectivity index is 1.82. The fraction of sp³-hybridized carbons (Fsp3) is 1.00. The van der Waals surface area contributed by atoms with Crippen molar-refractivity contribution in [2.24, 2.45) is 40.4 Å². The number of hydrogen-bond acceptors (Lipinski definition) is 2. The van der Waals surface area contributed by atoms with E-state index >= 15 is 0 Å². The highest BCUT2D eigenvalue weighted by atomic mass is 19.4. The average Bonchev–Trinajstić information content (AvgIpc) is 2.93. The molecule has 3 rings (SSSR count). The van der Waals surface area contributed by atoms with Crippen LogP contribution in [0.3, 0.4) is 0 Å². The quantitative estimate of drug-likeness (QED) is 0.574. The van der Waals surface area contributed by atoms with Crippen molar-refractivity contribution in [3.05, 3.63) is 0 Å². The van der Waals surface area contributed by atoms with E-state index in [2.05, 4.69) is 20.8 Å². The summed E-state index contributed by atoms with van der Waals surface area (Å²) in [6, 6.07) is 0. The number of aliphatic hydroxyl groups is 2. The molecule has 3 saturated carbocycles. The molecule has 0 aromatic carbocycles. The van der Waals surface area contributed by atoms with Gasteiger partial charge in [-0.15, -0.1) is 0 Å². The molecule has 0 spiro atoms. The fourth-order valence-electron chi connectivity index (χ4n) is 7.98. The topological polar surface area (TPSA) is 40.5 Å². The Morgan fingerprint density at radius 3 is 2.29 bits per heavy atom. The maximum absolute atomic E-state index is 13.3. The minimum atomic E-state index is -4.07.